The Morgan fingerprint density at radius 1 is 0.730 bits per heavy atom. The van der Waals surface area contributed by atoms with E-state index in [2.05, 4.69) is 20.9 Å². The van der Waals surface area contributed by atoms with Crippen molar-refractivity contribution < 1.29 is 14.0 Å². The maximum Gasteiger partial charge on any atom is 0.253 e. The number of nitrogens with zero attached hydrogens (tertiary/aromatic N) is 3. The summed E-state index contributed by atoms with van der Waals surface area (Å²) in [5.74, 6) is -0.734. The molecule has 0 spiro atoms. The highest BCUT2D eigenvalue weighted by Gasteiger charge is 2.16. The third-order valence-corrected chi connectivity index (χ3v) is 6.18. The Hall–Kier alpha value is -2.43. The fourth-order valence-electron chi connectivity index (χ4n) is 3.55. The minimum atomic E-state index is -0.517. The minimum Gasteiger partial charge on any atom is -0.368 e. The summed E-state index contributed by atoms with van der Waals surface area (Å²) in [5, 5.41) is 10.4. The normalized spacial score (nSPS) is 14.9. The first-order valence-corrected chi connectivity index (χ1v) is 12.9. The van der Waals surface area contributed by atoms with Crippen molar-refractivity contribution in [2.24, 2.45) is 0 Å². The smallest absolute Gasteiger partial charge is 0.253 e. The summed E-state index contributed by atoms with van der Waals surface area (Å²) < 4.78 is 12.7. The number of rotatable bonds is 3. The molecule has 2 fully saturated rings. The van der Waals surface area contributed by atoms with Gasteiger partial charge in [-0.15, -0.1) is 0 Å². The molecule has 0 aromatic heterocycles. The van der Waals surface area contributed by atoms with Crippen LogP contribution in [0, 0.1) is 5.82 Å². The number of hydrogen-bond acceptors (Lipinski definition) is 6. The zero-order valence-electron chi connectivity index (χ0n) is 21.9. The third-order valence-electron chi connectivity index (χ3n) is 5.59. The van der Waals surface area contributed by atoms with Crippen molar-refractivity contribution in [1.29, 1.82) is 0 Å². The molecule has 2 aliphatic heterocycles. The van der Waals surface area contributed by atoms with Gasteiger partial charge in [-0.05, 0) is 36.4 Å². The van der Waals surface area contributed by atoms with Gasteiger partial charge >= 0.3 is 0 Å². The largest absolute Gasteiger partial charge is 0.368 e. The average Bonchev–Trinajstić information content (AvgIpc) is 2.91. The Morgan fingerprint density at radius 2 is 1.16 bits per heavy atom. The lowest BCUT2D eigenvalue weighted by Crippen LogP contribution is -2.43. The van der Waals surface area contributed by atoms with Crippen molar-refractivity contribution in [2.45, 2.75) is 0 Å². The van der Waals surface area contributed by atoms with Gasteiger partial charge in [0.25, 0.3) is 11.8 Å². The summed E-state index contributed by atoms with van der Waals surface area (Å²) in [6, 6.07) is 9.43. The number of carbonyl (C=O) groups is 2. The van der Waals surface area contributed by atoms with Crippen LogP contribution in [0.4, 0.5) is 10.1 Å². The van der Waals surface area contributed by atoms with Gasteiger partial charge in [-0.2, -0.15) is 0 Å². The Kier molecular flexibility index (Phi) is 13.1. The number of nitrogens with one attached hydrogen (secondary N) is 3. The van der Waals surface area contributed by atoms with E-state index in [-0.39, 0.29) is 16.8 Å². The molecule has 0 aliphatic carbocycles. The van der Waals surface area contributed by atoms with Crippen molar-refractivity contribution in [3.05, 3.63) is 63.4 Å². The molecule has 2 aliphatic rings. The van der Waals surface area contributed by atoms with E-state index in [1.807, 2.05) is 12.1 Å². The van der Waals surface area contributed by atoms with Gasteiger partial charge in [-0.3, -0.25) is 9.59 Å². The Labute approximate surface area is 229 Å². The first-order valence-electron chi connectivity index (χ1n) is 12.2. The predicted octanol–water partition coefficient (Wildman–Crippen LogP) is 2.81. The van der Waals surface area contributed by atoms with Crippen molar-refractivity contribution >= 4 is 40.7 Å². The minimum absolute atomic E-state index is 0.0243. The Morgan fingerprint density at radius 3 is 1.57 bits per heavy atom. The molecule has 204 valence electrons. The topological polar surface area (TPSA) is 80.0 Å². The number of carbonyl (C=O) groups excluding carboxylic acids is 2. The molecule has 2 aromatic rings. The molecule has 0 saturated carbocycles. The molecule has 11 heteroatoms. The van der Waals surface area contributed by atoms with E-state index < -0.39 is 5.82 Å². The molecule has 0 bridgehead atoms. The number of benzene rings is 2. The molecule has 2 aromatic carbocycles. The van der Waals surface area contributed by atoms with Crippen LogP contribution in [0.3, 0.4) is 0 Å². The van der Waals surface area contributed by atoms with E-state index in [0.29, 0.717) is 16.1 Å². The number of anilines is 1. The molecular weight excluding hydrogens is 518 g/mol. The second-order valence-electron chi connectivity index (χ2n) is 8.93. The van der Waals surface area contributed by atoms with Crippen LogP contribution in [0.5, 0.6) is 0 Å². The molecule has 0 unspecified atom stereocenters. The van der Waals surface area contributed by atoms with Crippen LogP contribution < -0.4 is 20.9 Å². The quantitative estimate of drug-likeness (QED) is 0.541. The lowest BCUT2D eigenvalue weighted by atomic mass is 10.1. The van der Waals surface area contributed by atoms with Crippen LogP contribution in [-0.2, 0) is 0 Å². The second-order valence-corrected chi connectivity index (χ2v) is 9.75. The van der Waals surface area contributed by atoms with Crippen molar-refractivity contribution in [1.82, 2.24) is 25.8 Å². The molecule has 0 atom stereocenters. The molecule has 3 N–H and O–H groups in total. The molecule has 4 rings (SSSR count). The van der Waals surface area contributed by atoms with Crippen LogP contribution in [0.2, 0.25) is 10.0 Å². The van der Waals surface area contributed by atoms with E-state index in [0.717, 1.165) is 58.0 Å². The maximum absolute atomic E-state index is 12.7. The number of hydrogen-bond donors (Lipinski definition) is 3. The van der Waals surface area contributed by atoms with Gasteiger partial charge in [0.05, 0.1) is 15.7 Å². The van der Waals surface area contributed by atoms with Crippen molar-refractivity contribution in [3.8, 4) is 0 Å². The van der Waals surface area contributed by atoms with Gasteiger partial charge in [0.15, 0.2) is 0 Å². The summed E-state index contributed by atoms with van der Waals surface area (Å²) in [7, 11) is 6.72. The molecule has 2 amide bonds. The van der Waals surface area contributed by atoms with Gasteiger partial charge in [0.2, 0.25) is 0 Å². The number of amides is 2. The summed E-state index contributed by atoms with van der Waals surface area (Å²) in [6.07, 6.45) is 0. The summed E-state index contributed by atoms with van der Waals surface area (Å²) in [4.78, 5) is 28.4. The van der Waals surface area contributed by atoms with Crippen LogP contribution in [0.1, 0.15) is 20.7 Å². The van der Waals surface area contributed by atoms with Gasteiger partial charge in [0.1, 0.15) is 5.82 Å². The predicted molar refractivity (Wildman–Crippen MR) is 150 cm³/mol. The average molecular weight is 556 g/mol. The van der Waals surface area contributed by atoms with Crippen LogP contribution in [0.15, 0.2) is 36.4 Å². The van der Waals surface area contributed by atoms with Gasteiger partial charge < -0.3 is 30.7 Å². The van der Waals surface area contributed by atoms with Crippen LogP contribution in [0.25, 0.3) is 0 Å². The van der Waals surface area contributed by atoms with Crippen molar-refractivity contribution in [2.75, 3.05) is 85.4 Å². The van der Waals surface area contributed by atoms with Crippen LogP contribution >= 0.6 is 23.2 Å². The SMILES string of the molecule is C1CNCCN1.CN(C)C(=O)c1ccc(F)c(Cl)c1.CN(C)C(=O)c1ccc(N2CCNCC2)c(Cl)c1. The van der Waals surface area contributed by atoms with E-state index in [9.17, 15) is 14.0 Å². The van der Waals surface area contributed by atoms with Gasteiger partial charge in [-0.1, -0.05) is 23.2 Å². The van der Waals surface area contributed by atoms with E-state index >= 15 is 0 Å². The fraction of sp³-hybridized carbons (Fsp3) is 0.462. The first kappa shape index (κ1) is 30.8. The monoisotopic (exact) mass is 554 g/mol. The summed E-state index contributed by atoms with van der Waals surface area (Å²) in [6.45, 7) is 8.38. The van der Waals surface area contributed by atoms with E-state index in [1.165, 1.54) is 23.1 Å². The lowest BCUT2D eigenvalue weighted by molar-refractivity contribution is 0.0820. The zero-order chi connectivity index (χ0) is 27.4. The molecule has 2 heterocycles. The first-order chi connectivity index (χ1) is 17.6. The zero-order valence-corrected chi connectivity index (χ0v) is 23.4. The third kappa shape index (κ3) is 10.1. The molecule has 8 nitrogen and oxygen atoms in total. The standard InChI is InChI=1S/C13H18ClN3O.C9H9ClFNO.C4H10N2/c1-16(2)13(18)10-3-4-12(11(14)9-10)17-7-5-15-6-8-17;1-12(2)9(13)6-3-4-8(11)7(10)5-6;1-2-6-4-3-5-1/h3-4,9,15H,5-8H2,1-2H3;3-5H,1-2H3;5-6H,1-4H2. The summed E-state index contributed by atoms with van der Waals surface area (Å²) >= 11 is 11.8. The van der Waals surface area contributed by atoms with E-state index in [1.54, 1.807) is 39.2 Å². The molecule has 2 saturated heterocycles. The second kappa shape index (κ2) is 15.7. The molecular formula is C26H37Cl2FN6O2. The van der Waals surface area contributed by atoms with Gasteiger partial charge in [0, 0.05) is 91.7 Å². The fourth-order valence-corrected chi connectivity index (χ4v) is 4.03. The highest BCUT2D eigenvalue weighted by atomic mass is 35.5. The highest BCUT2D eigenvalue weighted by Crippen LogP contribution is 2.27. The highest BCUT2D eigenvalue weighted by molar-refractivity contribution is 6.33. The van der Waals surface area contributed by atoms with E-state index in [4.69, 9.17) is 23.2 Å². The van der Waals surface area contributed by atoms with Crippen LogP contribution in [-0.4, -0.2) is 102 Å². The number of piperazine rings is 2. The number of halogens is 3. The Bertz CT molecular complexity index is 1020. The Balaban J connectivity index is 0.000000220. The van der Waals surface area contributed by atoms with Gasteiger partial charge in [-0.25, -0.2) is 4.39 Å². The molecule has 0 radical (unpaired) electrons. The summed E-state index contributed by atoms with van der Waals surface area (Å²) in [5.41, 5.74) is 2.02. The maximum atomic E-state index is 12.7. The van der Waals surface area contributed by atoms with Crippen molar-refractivity contribution in [3.63, 3.8) is 0 Å². The lowest BCUT2D eigenvalue weighted by Gasteiger charge is -2.30. The molecule has 37 heavy (non-hydrogen) atoms.